The Kier molecular flexibility index (Phi) is 8.17. The predicted octanol–water partition coefficient (Wildman–Crippen LogP) is 4.20. The molecule has 0 aromatic heterocycles. The second kappa shape index (κ2) is 9.35. The van der Waals surface area contributed by atoms with Crippen molar-refractivity contribution in [2.45, 2.75) is 90.1 Å². The second-order valence-corrected chi connectivity index (χ2v) is 6.42. The largest absolute Gasteiger partial charge is 0.371 e. The monoisotopic (exact) mass is 308 g/mol. The van der Waals surface area contributed by atoms with Gasteiger partial charge >= 0.3 is 0 Å². The molecule has 0 aromatic carbocycles. The molecule has 1 aliphatic rings. The van der Waals surface area contributed by atoms with E-state index in [0.717, 1.165) is 38.5 Å². The summed E-state index contributed by atoms with van der Waals surface area (Å²) in [6.45, 7) is 8.65. The molecule has 1 fully saturated rings. The van der Waals surface area contributed by atoms with Crippen molar-refractivity contribution in [1.82, 2.24) is 0 Å². The highest BCUT2D eigenvalue weighted by molar-refractivity contribution is 5.26. The SMILES string of the molecule is CCCCC#C[C@](O)(/C=C/CCCC)[C@@H]1CCOC(C)(C)O1. The van der Waals surface area contributed by atoms with Gasteiger partial charge in [0.1, 0.15) is 6.10 Å². The van der Waals surface area contributed by atoms with Crippen LogP contribution in [0.1, 0.15) is 72.6 Å². The van der Waals surface area contributed by atoms with Crippen LogP contribution >= 0.6 is 0 Å². The lowest BCUT2D eigenvalue weighted by Gasteiger charge is -2.40. The maximum atomic E-state index is 11.0. The number of rotatable bonds is 7. The van der Waals surface area contributed by atoms with E-state index < -0.39 is 11.4 Å². The number of allylic oxidation sites excluding steroid dienone is 1. The Bertz CT molecular complexity index is 403. The van der Waals surface area contributed by atoms with Gasteiger partial charge in [-0.05, 0) is 32.8 Å². The van der Waals surface area contributed by atoms with E-state index in [1.165, 1.54) is 0 Å². The zero-order valence-electron chi connectivity index (χ0n) is 14.7. The Morgan fingerprint density at radius 3 is 2.64 bits per heavy atom. The van der Waals surface area contributed by atoms with E-state index in [1.807, 2.05) is 26.0 Å². The van der Waals surface area contributed by atoms with Crippen molar-refractivity contribution in [2.75, 3.05) is 6.61 Å². The van der Waals surface area contributed by atoms with E-state index in [4.69, 9.17) is 9.47 Å². The summed E-state index contributed by atoms with van der Waals surface area (Å²) in [7, 11) is 0. The predicted molar refractivity (Wildman–Crippen MR) is 90.4 cm³/mol. The van der Waals surface area contributed by atoms with Crippen LogP contribution in [0.2, 0.25) is 0 Å². The number of hydrogen-bond donors (Lipinski definition) is 1. The Morgan fingerprint density at radius 2 is 2.00 bits per heavy atom. The normalized spacial score (nSPS) is 23.8. The van der Waals surface area contributed by atoms with Crippen molar-refractivity contribution >= 4 is 0 Å². The van der Waals surface area contributed by atoms with Crippen LogP contribution < -0.4 is 0 Å². The fourth-order valence-corrected chi connectivity index (χ4v) is 2.44. The summed E-state index contributed by atoms with van der Waals surface area (Å²) in [5.41, 5.74) is -1.22. The molecule has 22 heavy (non-hydrogen) atoms. The Labute approximate surface area is 136 Å². The van der Waals surface area contributed by atoms with Gasteiger partial charge in [-0.1, -0.05) is 51.0 Å². The van der Waals surface area contributed by atoms with Gasteiger partial charge in [-0.15, -0.1) is 0 Å². The van der Waals surface area contributed by atoms with Gasteiger partial charge in [0.05, 0.1) is 6.61 Å². The van der Waals surface area contributed by atoms with E-state index in [-0.39, 0.29) is 6.10 Å². The highest BCUT2D eigenvalue weighted by Crippen LogP contribution is 2.29. The Morgan fingerprint density at radius 1 is 1.27 bits per heavy atom. The molecule has 0 radical (unpaired) electrons. The van der Waals surface area contributed by atoms with Gasteiger partial charge < -0.3 is 14.6 Å². The van der Waals surface area contributed by atoms with E-state index in [2.05, 4.69) is 25.7 Å². The first kappa shape index (κ1) is 19.2. The van der Waals surface area contributed by atoms with Crippen LogP contribution in [0.3, 0.4) is 0 Å². The summed E-state index contributed by atoms with van der Waals surface area (Å²) in [6, 6.07) is 0. The second-order valence-electron chi connectivity index (χ2n) is 6.42. The average Bonchev–Trinajstić information content (AvgIpc) is 2.47. The van der Waals surface area contributed by atoms with Crippen LogP contribution in [0.25, 0.3) is 0 Å². The minimum Gasteiger partial charge on any atom is -0.371 e. The van der Waals surface area contributed by atoms with E-state index in [9.17, 15) is 5.11 Å². The standard InChI is InChI=1S/C19H32O3/c1-5-7-9-11-14-19(20,15-12-10-8-6-2)17-13-16-21-18(3,4)22-17/h11,14,17,20H,5-10,13,16H2,1-4H3/b14-11+/t17-,19+/m0/s1. The van der Waals surface area contributed by atoms with Gasteiger partial charge in [-0.3, -0.25) is 0 Å². The zero-order chi connectivity index (χ0) is 16.5. The van der Waals surface area contributed by atoms with Gasteiger partial charge in [-0.2, -0.15) is 0 Å². The van der Waals surface area contributed by atoms with Crippen LogP contribution in [0, 0.1) is 11.8 Å². The van der Waals surface area contributed by atoms with Crippen molar-refractivity contribution in [3.8, 4) is 11.8 Å². The third-order valence-corrected chi connectivity index (χ3v) is 3.79. The third kappa shape index (κ3) is 6.52. The molecule has 3 heteroatoms. The number of unbranched alkanes of at least 4 members (excludes halogenated alkanes) is 4. The van der Waals surface area contributed by atoms with Gasteiger partial charge in [0.25, 0.3) is 0 Å². The van der Waals surface area contributed by atoms with Gasteiger partial charge in [0, 0.05) is 12.8 Å². The molecule has 1 N–H and O–H groups in total. The molecule has 2 atom stereocenters. The molecule has 0 aliphatic carbocycles. The highest BCUT2D eigenvalue weighted by Gasteiger charge is 2.40. The molecule has 1 saturated heterocycles. The molecular formula is C19H32O3. The molecular weight excluding hydrogens is 276 g/mol. The minimum atomic E-state index is -1.22. The first-order valence-corrected chi connectivity index (χ1v) is 8.65. The lowest BCUT2D eigenvalue weighted by Crippen LogP contribution is -2.50. The maximum absolute atomic E-state index is 11.0. The number of hydrogen-bond acceptors (Lipinski definition) is 3. The van der Waals surface area contributed by atoms with Crippen molar-refractivity contribution < 1.29 is 14.6 Å². The summed E-state index contributed by atoms with van der Waals surface area (Å²) in [4.78, 5) is 0. The Hall–Kier alpha value is -0.820. The summed E-state index contributed by atoms with van der Waals surface area (Å²) in [6.07, 6.45) is 10.4. The molecule has 0 spiro atoms. The summed E-state index contributed by atoms with van der Waals surface area (Å²) >= 11 is 0. The highest BCUT2D eigenvalue weighted by atomic mass is 16.7. The minimum absolute atomic E-state index is 0.344. The molecule has 0 bridgehead atoms. The van der Waals surface area contributed by atoms with E-state index in [0.29, 0.717) is 13.0 Å². The lowest BCUT2D eigenvalue weighted by atomic mass is 9.92. The topological polar surface area (TPSA) is 38.7 Å². The molecule has 0 amide bonds. The Balaban J connectivity index is 2.83. The van der Waals surface area contributed by atoms with Crippen molar-refractivity contribution in [1.29, 1.82) is 0 Å². The van der Waals surface area contributed by atoms with E-state index >= 15 is 0 Å². The first-order valence-electron chi connectivity index (χ1n) is 8.65. The first-order chi connectivity index (χ1) is 10.4. The van der Waals surface area contributed by atoms with Crippen LogP contribution in [-0.4, -0.2) is 29.2 Å². The van der Waals surface area contributed by atoms with Gasteiger partial charge in [0.15, 0.2) is 11.4 Å². The van der Waals surface area contributed by atoms with Gasteiger partial charge in [0.2, 0.25) is 0 Å². The molecule has 3 nitrogen and oxygen atoms in total. The van der Waals surface area contributed by atoms with E-state index in [1.54, 1.807) is 0 Å². The molecule has 1 rings (SSSR count). The summed E-state index contributed by atoms with van der Waals surface area (Å²) < 4.78 is 11.5. The third-order valence-electron chi connectivity index (χ3n) is 3.79. The zero-order valence-corrected chi connectivity index (χ0v) is 14.7. The molecule has 126 valence electrons. The van der Waals surface area contributed by atoms with Crippen LogP contribution in [0.4, 0.5) is 0 Å². The van der Waals surface area contributed by atoms with Crippen LogP contribution in [0.15, 0.2) is 12.2 Å². The number of aliphatic hydroxyl groups is 1. The smallest absolute Gasteiger partial charge is 0.170 e. The molecule has 0 saturated carbocycles. The van der Waals surface area contributed by atoms with Crippen molar-refractivity contribution in [3.63, 3.8) is 0 Å². The maximum Gasteiger partial charge on any atom is 0.170 e. The molecule has 1 aliphatic heterocycles. The quantitative estimate of drug-likeness (QED) is 0.435. The lowest BCUT2D eigenvalue weighted by molar-refractivity contribution is -0.291. The van der Waals surface area contributed by atoms with Crippen molar-refractivity contribution in [3.05, 3.63) is 12.2 Å². The molecule has 1 heterocycles. The van der Waals surface area contributed by atoms with Gasteiger partial charge in [-0.25, -0.2) is 0 Å². The van der Waals surface area contributed by atoms with Crippen LogP contribution in [-0.2, 0) is 9.47 Å². The average molecular weight is 308 g/mol. The molecule has 0 aromatic rings. The fraction of sp³-hybridized carbons (Fsp3) is 0.789. The fourth-order valence-electron chi connectivity index (χ4n) is 2.44. The number of ether oxygens (including phenoxy) is 2. The van der Waals surface area contributed by atoms with Crippen molar-refractivity contribution in [2.24, 2.45) is 0 Å². The van der Waals surface area contributed by atoms with Crippen LogP contribution in [0.5, 0.6) is 0 Å². The summed E-state index contributed by atoms with van der Waals surface area (Å²) in [5.74, 6) is 5.51. The molecule has 0 unspecified atom stereocenters. The summed E-state index contributed by atoms with van der Waals surface area (Å²) in [5, 5.41) is 11.0.